The minimum absolute atomic E-state index is 0.0333. The molecule has 1 atom stereocenters. The van der Waals surface area contributed by atoms with Crippen LogP contribution in [-0.2, 0) is 26.2 Å². The zero-order valence-electron chi connectivity index (χ0n) is 23.7. The number of sulfonamides is 1. The Bertz CT molecular complexity index is 1460. The Morgan fingerprint density at radius 2 is 1.61 bits per heavy atom. The molecule has 220 valence electrons. The van der Waals surface area contributed by atoms with Crippen LogP contribution in [0.1, 0.15) is 39.7 Å². The fourth-order valence-electron chi connectivity index (χ4n) is 4.19. The second kappa shape index (κ2) is 13.4. The van der Waals surface area contributed by atoms with Crippen LogP contribution >= 0.6 is 11.6 Å². The highest BCUT2D eigenvalue weighted by Crippen LogP contribution is 2.27. The van der Waals surface area contributed by atoms with Gasteiger partial charge in [-0.1, -0.05) is 36.7 Å². The second-order valence-corrected chi connectivity index (χ2v) is 12.7. The Morgan fingerprint density at radius 3 is 2.15 bits per heavy atom. The fourth-order valence-corrected chi connectivity index (χ4v) is 5.80. The zero-order valence-corrected chi connectivity index (χ0v) is 25.3. The van der Waals surface area contributed by atoms with Gasteiger partial charge in [-0.15, -0.1) is 0 Å². The maximum absolute atomic E-state index is 14.1. The maximum Gasteiger partial charge on any atom is 0.264 e. The monoisotopic (exact) mass is 603 g/mol. The zero-order chi connectivity index (χ0) is 30.4. The molecule has 11 heteroatoms. The van der Waals surface area contributed by atoms with Crippen LogP contribution in [0.5, 0.6) is 5.75 Å². The van der Waals surface area contributed by atoms with E-state index in [4.69, 9.17) is 16.3 Å². The standard InChI is InChI=1S/C30H35ClFN3O5S/c1-6-27(29(37)33-30(2,3)4)34(19-21-9-7-8-10-26(21)31)28(36)20-35(23-13-11-22(32)12-14-23)41(38,39)25-17-15-24(40-5)16-18-25/h7-18,27H,6,19-20H2,1-5H3,(H,33,37)/t27-/m0/s1. The van der Waals surface area contributed by atoms with E-state index in [-0.39, 0.29) is 29.5 Å². The summed E-state index contributed by atoms with van der Waals surface area (Å²) in [4.78, 5) is 28.7. The molecule has 3 aromatic carbocycles. The molecular weight excluding hydrogens is 569 g/mol. The Kier molecular flexibility index (Phi) is 10.4. The van der Waals surface area contributed by atoms with Crippen molar-refractivity contribution in [2.24, 2.45) is 0 Å². The van der Waals surface area contributed by atoms with Gasteiger partial charge < -0.3 is 15.0 Å². The highest BCUT2D eigenvalue weighted by molar-refractivity contribution is 7.92. The van der Waals surface area contributed by atoms with Crippen molar-refractivity contribution in [3.8, 4) is 5.75 Å². The maximum atomic E-state index is 14.1. The highest BCUT2D eigenvalue weighted by Gasteiger charge is 2.35. The van der Waals surface area contributed by atoms with Gasteiger partial charge in [0.2, 0.25) is 11.8 Å². The van der Waals surface area contributed by atoms with Crippen molar-refractivity contribution in [2.75, 3.05) is 18.0 Å². The van der Waals surface area contributed by atoms with Crippen LogP contribution < -0.4 is 14.4 Å². The van der Waals surface area contributed by atoms with Gasteiger partial charge in [0.1, 0.15) is 24.2 Å². The first-order valence-corrected chi connectivity index (χ1v) is 14.9. The van der Waals surface area contributed by atoms with Crippen molar-refractivity contribution in [1.82, 2.24) is 10.2 Å². The number of halogens is 2. The lowest BCUT2D eigenvalue weighted by Gasteiger charge is -2.35. The van der Waals surface area contributed by atoms with Crippen LogP contribution in [0, 0.1) is 5.82 Å². The number of benzene rings is 3. The van der Waals surface area contributed by atoms with Crippen LogP contribution in [0.4, 0.5) is 10.1 Å². The largest absolute Gasteiger partial charge is 0.497 e. The summed E-state index contributed by atoms with van der Waals surface area (Å²) in [7, 11) is -2.84. The van der Waals surface area contributed by atoms with Crippen LogP contribution in [0.15, 0.2) is 77.7 Å². The van der Waals surface area contributed by atoms with E-state index in [1.54, 1.807) is 31.2 Å². The van der Waals surface area contributed by atoms with E-state index in [1.165, 1.54) is 48.4 Å². The fraction of sp³-hybridized carbons (Fsp3) is 0.333. The Hall–Kier alpha value is -3.63. The summed E-state index contributed by atoms with van der Waals surface area (Å²) in [6.07, 6.45) is 0.264. The summed E-state index contributed by atoms with van der Waals surface area (Å²) < 4.78 is 47.6. The first-order valence-electron chi connectivity index (χ1n) is 13.0. The molecular formula is C30H35ClFN3O5S. The van der Waals surface area contributed by atoms with Gasteiger partial charge in [0.15, 0.2) is 0 Å². The molecule has 41 heavy (non-hydrogen) atoms. The summed E-state index contributed by atoms with van der Waals surface area (Å²) in [5.41, 5.74) is 0.109. The van der Waals surface area contributed by atoms with Crippen molar-refractivity contribution in [3.05, 3.63) is 89.2 Å². The van der Waals surface area contributed by atoms with Gasteiger partial charge in [-0.25, -0.2) is 12.8 Å². The Balaban J connectivity index is 2.08. The van der Waals surface area contributed by atoms with Crippen molar-refractivity contribution in [3.63, 3.8) is 0 Å². The molecule has 0 spiro atoms. The topological polar surface area (TPSA) is 96.0 Å². The molecule has 0 saturated heterocycles. The number of hydrogen-bond acceptors (Lipinski definition) is 5. The second-order valence-electron chi connectivity index (χ2n) is 10.4. The van der Waals surface area contributed by atoms with Crippen LogP contribution in [-0.4, -0.2) is 50.4 Å². The number of ether oxygens (including phenoxy) is 1. The van der Waals surface area contributed by atoms with Crippen LogP contribution in [0.25, 0.3) is 0 Å². The van der Waals surface area contributed by atoms with Crippen LogP contribution in [0.2, 0.25) is 5.02 Å². The lowest BCUT2D eigenvalue weighted by Crippen LogP contribution is -2.55. The lowest BCUT2D eigenvalue weighted by molar-refractivity contribution is -0.141. The number of carbonyl (C=O) groups is 2. The molecule has 8 nitrogen and oxygen atoms in total. The molecule has 2 amide bonds. The molecule has 3 aromatic rings. The van der Waals surface area contributed by atoms with E-state index < -0.39 is 39.9 Å². The number of nitrogens with one attached hydrogen (secondary N) is 1. The number of nitrogens with zero attached hydrogens (tertiary/aromatic N) is 2. The average molecular weight is 604 g/mol. The number of rotatable bonds is 11. The molecule has 3 rings (SSSR count). The van der Waals surface area contributed by atoms with Crippen molar-refractivity contribution < 1.29 is 27.1 Å². The molecule has 0 heterocycles. The van der Waals surface area contributed by atoms with Gasteiger partial charge in [0, 0.05) is 17.1 Å². The molecule has 1 N–H and O–H groups in total. The summed E-state index contributed by atoms with van der Waals surface area (Å²) in [6.45, 7) is 6.57. The van der Waals surface area contributed by atoms with E-state index in [0.29, 0.717) is 16.3 Å². The molecule has 0 aliphatic rings. The molecule has 0 saturated carbocycles. The number of methoxy groups -OCH3 is 1. The van der Waals surface area contributed by atoms with Gasteiger partial charge in [0.25, 0.3) is 10.0 Å². The van der Waals surface area contributed by atoms with Gasteiger partial charge in [-0.3, -0.25) is 13.9 Å². The first kappa shape index (κ1) is 31.9. The smallest absolute Gasteiger partial charge is 0.264 e. The third-order valence-electron chi connectivity index (χ3n) is 6.22. The first-order chi connectivity index (χ1) is 19.3. The molecule has 0 aliphatic carbocycles. The minimum Gasteiger partial charge on any atom is -0.497 e. The highest BCUT2D eigenvalue weighted by atomic mass is 35.5. The SMILES string of the molecule is CC[C@@H](C(=O)NC(C)(C)C)N(Cc1ccccc1Cl)C(=O)CN(c1ccc(F)cc1)S(=O)(=O)c1ccc(OC)cc1. The molecule has 0 aliphatic heterocycles. The average Bonchev–Trinajstić information content (AvgIpc) is 2.92. The predicted molar refractivity (Wildman–Crippen MR) is 158 cm³/mol. The van der Waals surface area contributed by atoms with Gasteiger partial charge in [-0.2, -0.15) is 0 Å². The van der Waals surface area contributed by atoms with Crippen molar-refractivity contribution >= 4 is 39.1 Å². The van der Waals surface area contributed by atoms with E-state index in [0.717, 1.165) is 16.4 Å². The normalized spacial score (nSPS) is 12.4. The van der Waals surface area contributed by atoms with E-state index >= 15 is 0 Å². The van der Waals surface area contributed by atoms with E-state index in [1.807, 2.05) is 20.8 Å². The number of hydrogen-bond donors (Lipinski definition) is 1. The summed E-state index contributed by atoms with van der Waals surface area (Å²) >= 11 is 6.41. The molecule has 0 radical (unpaired) electrons. The third kappa shape index (κ3) is 8.20. The number of carbonyl (C=O) groups excluding carboxylic acids is 2. The predicted octanol–water partition coefficient (Wildman–Crippen LogP) is 5.41. The molecule has 0 unspecified atom stereocenters. The van der Waals surface area contributed by atoms with Crippen molar-refractivity contribution in [1.29, 1.82) is 0 Å². The van der Waals surface area contributed by atoms with Crippen LogP contribution in [0.3, 0.4) is 0 Å². The molecule has 0 fully saturated rings. The summed E-state index contributed by atoms with van der Waals surface area (Å²) in [5.74, 6) is -1.13. The molecule has 0 aromatic heterocycles. The summed E-state index contributed by atoms with van der Waals surface area (Å²) in [5, 5.41) is 3.31. The molecule has 0 bridgehead atoms. The lowest BCUT2D eigenvalue weighted by atomic mass is 10.1. The summed E-state index contributed by atoms with van der Waals surface area (Å²) in [6, 6.07) is 16.5. The van der Waals surface area contributed by atoms with E-state index in [2.05, 4.69) is 5.32 Å². The van der Waals surface area contributed by atoms with Crippen molar-refractivity contribution in [2.45, 2.75) is 57.1 Å². The third-order valence-corrected chi connectivity index (χ3v) is 8.38. The van der Waals surface area contributed by atoms with Gasteiger partial charge in [-0.05, 0) is 87.4 Å². The van der Waals surface area contributed by atoms with Gasteiger partial charge >= 0.3 is 0 Å². The van der Waals surface area contributed by atoms with E-state index in [9.17, 15) is 22.4 Å². The Labute approximate surface area is 246 Å². The van der Waals surface area contributed by atoms with Gasteiger partial charge in [0.05, 0.1) is 17.7 Å². The minimum atomic E-state index is -4.30. The quantitative estimate of drug-likeness (QED) is 0.316. The Morgan fingerprint density at radius 1 is 1.00 bits per heavy atom. The number of anilines is 1. The number of amides is 2.